The largest absolute Gasteiger partial charge is 0.345 e. The molecule has 0 spiro atoms. The van der Waals surface area contributed by atoms with Crippen molar-refractivity contribution in [2.75, 3.05) is 6.54 Å². The molecule has 1 N–H and O–H groups in total. The van der Waals surface area contributed by atoms with E-state index in [-0.39, 0.29) is 0 Å². The van der Waals surface area contributed by atoms with E-state index in [2.05, 4.69) is 61.1 Å². The molecule has 0 aliphatic carbocycles. The molecule has 1 heterocycles. The molecule has 86 valence electrons. The number of hydrogen-bond acceptors (Lipinski definition) is 1. The Morgan fingerprint density at radius 1 is 1.25 bits per heavy atom. The van der Waals surface area contributed by atoms with Crippen molar-refractivity contribution in [2.45, 2.75) is 33.4 Å². The summed E-state index contributed by atoms with van der Waals surface area (Å²) in [5.41, 5.74) is 2.73. The van der Waals surface area contributed by atoms with Crippen LogP contribution in [0.5, 0.6) is 0 Å². The molecular weight excluding hydrogens is 196 g/mol. The molecular formula is C14H20N2. The quantitative estimate of drug-likeness (QED) is 0.829. The van der Waals surface area contributed by atoms with Gasteiger partial charge in [0, 0.05) is 29.7 Å². The summed E-state index contributed by atoms with van der Waals surface area (Å²) < 4.78 is 2.35. The van der Waals surface area contributed by atoms with Gasteiger partial charge in [-0.05, 0) is 32.0 Å². The van der Waals surface area contributed by atoms with Crippen LogP contribution in [0.4, 0.5) is 0 Å². The Bertz CT molecular complexity index is 469. The summed E-state index contributed by atoms with van der Waals surface area (Å²) >= 11 is 0. The number of para-hydroxylation sites is 1. The van der Waals surface area contributed by atoms with Gasteiger partial charge in [0.1, 0.15) is 0 Å². The molecule has 2 nitrogen and oxygen atoms in total. The average Bonchev–Trinajstić information content (AvgIpc) is 2.65. The summed E-state index contributed by atoms with van der Waals surface area (Å²) in [4.78, 5) is 0. The third-order valence-electron chi connectivity index (χ3n) is 2.94. The van der Waals surface area contributed by atoms with Crippen molar-refractivity contribution in [3.05, 3.63) is 36.0 Å². The van der Waals surface area contributed by atoms with Gasteiger partial charge in [-0.3, -0.25) is 0 Å². The fourth-order valence-corrected chi connectivity index (χ4v) is 2.11. The molecule has 0 aliphatic heterocycles. The summed E-state index contributed by atoms with van der Waals surface area (Å²) in [6.07, 6.45) is 2.28. The monoisotopic (exact) mass is 216 g/mol. The van der Waals surface area contributed by atoms with E-state index < -0.39 is 0 Å². The summed E-state index contributed by atoms with van der Waals surface area (Å²) in [6, 6.07) is 9.15. The van der Waals surface area contributed by atoms with Crippen LogP contribution in [0, 0.1) is 0 Å². The fraction of sp³-hybridized carbons (Fsp3) is 0.429. The van der Waals surface area contributed by atoms with Gasteiger partial charge in [-0.25, -0.2) is 0 Å². The zero-order valence-corrected chi connectivity index (χ0v) is 10.3. The molecule has 2 heteroatoms. The van der Waals surface area contributed by atoms with E-state index in [0.717, 1.165) is 13.1 Å². The van der Waals surface area contributed by atoms with E-state index >= 15 is 0 Å². The van der Waals surface area contributed by atoms with Crippen LogP contribution >= 0.6 is 0 Å². The van der Waals surface area contributed by atoms with Crippen LogP contribution in [0.25, 0.3) is 10.9 Å². The minimum atomic E-state index is 0.514. The highest BCUT2D eigenvalue weighted by molar-refractivity contribution is 5.84. The van der Waals surface area contributed by atoms with Gasteiger partial charge in [0.15, 0.2) is 0 Å². The maximum atomic E-state index is 3.40. The van der Waals surface area contributed by atoms with Gasteiger partial charge in [-0.2, -0.15) is 0 Å². The molecule has 0 unspecified atom stereocenters. The van der Waals surface area contributed by atoms with E-state index in [0.29, 0.717) is 6.04 Å². The van der Waals surface area contributed by atoms with Crippen molar-refractivity contribution in [1.82, 2.24) is 9.88 Å². The Kier molecular flexibility index (Phi) is 3.30. The first-order chi connectivity index (χ1) is 7.74. The Morgan fingerprint density at radius 3 is 2.69 bits per heavy atom. The van der Waals surface area contributed by atoms with Crippen molar-refractivity contribution >= 4 is 10.9 Å². The number of nitrogens with one attached hydrogen (secondary N) is 1. The SMILES string of the molecule is CCNCc1cn(C(C)C)c2ccccc12. The van der Waals surface area contributed by atoms with Crippen molar-refractivity contribution in [2.24, 2.45) is 0 Å². The van der Waals surface area contributed by atoms with Gasteiger partial charge in [-0.1, -0.05) is 25.1 Å². The van der Waals surface area contributed by atoms with Crippen LogP contribution in [0.3, 0.4) is 0 Å². The Morgan fingerprint density at radius 2 is 2.00 bits per heavy atom. The molecule has 0 amide bonds. The predicted octanol–water partition coefficient (Wildman–Crippen LogP) is 3.33. The third-order valence-corrected chi connectivity index (χ3v) is 2.94. The molecule has 1 aromatic carbocycles. The maximum absolute atomic E-state index is 3.40. The molecule has 1 aromatic heterocycles. The molecule has 0 saturated heterocycles. The lowest BCUT2D eigenvalue weighted by molar-refractivity contribution is 0.618. The van der Waals surface area contributed by atoms with Crippen LogP contribution < -0.4 is 5.32 Å². The van der Waals surface area contributed by atoms with Crippen LogP contribution in [-0.2, 0) is 6.54 Å². The van der Waals surface area contributed by atoms with Crippen LogP contribution in [0.15, 0.2) is 30.5 Å². The number of fused-ring (bicyclic) bond motifs is 1. The molecule has 0 bridgehead atoms. The molecule has 0 fully saturated rings. The second-order valence-electron chi connectivity index (χ2n) is 4.45. The minimum absolute atomic E-state index is 0.514. The number of hydrogen-bond donors (Lipinski definition) is 1. The standard InChI is InChI=1S/C14H20N2/c1-4-15-9-12-10-16(11(2)3)14-8-6-5-7-13(12)14/h5-8,10-11,15H,4,9H2,1-3H3. The first-order valence-corrected chi connectivity index (χ1v) is 6.03. The first-order valence-electron chi connectivity index (χ1n) is 6.03. The topological polar surface area (TPSA) is 17.0 Å². The lowest BCUT2D eigenvalue weighted by atomic mass is 10.2. The molecule has 0 atom stereocenters. The van der Waals surface area contributed by atoms with Crippen LogP contribution in [0.1, 0.15) is 32.4 Å². The van der Waals surface area contributed by atoms with Gasteiger partial charge in [0.2, 0.25) is 0 Å². The fourth-order valence-electron chi connectivity index (χ4n) is 2.11. The number of nitrogens with zero attached hydrogens (tertiary/aromatic N) is 1. The Balaban J connectivity index is 2.49. The maximum Gasteiger partial charge on any atom is 0.0486 e. The van der Waals surface area contributed by atoms with E-state index in [1.165, 1.54) is 16.5 Å². The zero-order chi connectivity index (χ0) is 11.5. The predicted molar refractivity (Wildman–Crippen MR) is 69.7 cm³/mol. The highest BCUT2D eigenvalue weighted by atomic mass is 15.0. The van der Waals surface area contributed by atoms with Crippen molar-refractivity contribution in [3.63, 3.8) is 0 Å². The van der Waals surface area contributed by atoms with Crippen LogP contribution in [0.2, 0.25) is 0 Å². The first kappa shape index (κ1) is 11.2. The number of rotatable bonds is 4. The van der Waals surface area contributed by atoms with Crippen molar-refractivity contribution in [1.29, 1.82) is 0 Å². The summed E-state index contributed by atoms with van der Waals surface area (Å²) in [6.45, 7) is 8.56. The lowest BCUT2D eigenvalue weighted by Gasteiger charge is -2.08. The Labute approximate surface area is 97.3 Å². The van der Waals surface area contributed by atoms with E-state index in [9.17, 15) is 0 Å². The van der Waals surface area contributed by atoms with Gasteiger partial charge >= 0.3 is 0 Å². The van der Waals surface area contributed by atoms with E-state index in [1.54, 1.807) is 0 Å². The molecule has 2 rings (SSSR count). The van der Waals surface area contributed by atoms with Gasteiger partial charge in [0.05, 0.1) is 0 Å². The second kappa shape index (κ2) is 4.71. The normalized spacial score (nSPS) is 11.5. The smallest absolute Gasteiger partial charge is 0.0486 e. The summed E-state index contributed by atoms with van der Waals surface area (Å²) in [7, 11) is 0. The second-order valence-corrected chi connectivity index (χ2v) is 4.45. The highest BCUT2D eigenvalue weighted by Crippen LogP contribution is 2.24. The van der Waals surface area contributed by atoms with E-state index in [4.69, 9.17) is 0 Å². The third kappa shape index (κ3) is 1.98. The van der Waals surface area contributed by atoms with E-state index in [1.807, 2.05) is 0 Å². The Hall–Kier alpha value is -1.28. The molecule has 2 aromatic rings. The number of benzene rings is 1. The lowest BCUT2D eigenvalue weighted by Crippen LogP contribution is -2.11. The summed E-state index contributed by atoms with van der Waals surface area (Å²) in [5.74, 6) is 0. The van der Waals surface area contributed by atoms with Gasteiger partial charge < -0.3 is 9.88 Å². The molecule has 0 aliphatic rings. The van der Waals surface area contributed by atoms with Crippen molar-refractivity contribution < 1.29 is 0 Å². The molecule has 0 saturated carbocycles. The van der Waals surface area contributed by atoms with Crippen molar-refractivity contribution in [3.8, 4) is 0 Å². The minimum Gasteiger partial charge on any atom is -0.345 e. The van der Waals surface area contributed by atoms with Gasteiger partial charge in [-0.15, -0.1) is 0 Å². The van der Waals surface area contributed by atoms with Crippen LogP contribution in [-0.4, -0.2) is 11.1 Å². The zero-order valence-electron chi connectivity index (χ0n) is 10.3. The summed E-state index contributed by atoms with van der Waals surface area (Å²) in [5, 5.41) is 4.77. The molecule has 16 heavy (non-hydrogen) atoms. The average molecular weight is 216 g/mol. The highest BCUT2D eigenvalue weighted by Gasteiger charge is 2.08. The number of aromatic nitrogens is 1. The van der Waals surface area contributed by atoms with Gasteiger partial charge in [0.25, 0.3) is 0 Å². The molecule has 0 radical (unpaired) electrons.